The van der Waals surface area contributed by atoms with Gasteiger partial charge in [0, 0.05) is 19.1 Å². The van der Waals surface area contributed by atoms with Crippen LogP contribution in [0.1, 0.15) is 53.9 Å². The number of aliphatic hydroxyl groups excluding tert-OH is 1. The molecule has 2 atom stereocenters. The van der Waals surface area contributed by atoms with Crippen LogP contribution < -0.4 is 5.32 Å². The lowest BCUT2D eigenvalue weighted by molar-refractivity contribution is -0.122. The Morgan fingerprint density at radius 1 is 1.31 bits per heavy atom. The van der Waals surface area contributed by atoms with Crippen molar-refractivity contribution in [2.24, 2.45) is 11.3 Å². The molecule has 3 heteroatoms. The van der Waals surface area contributed by atoms with E-state index in [0.29, 0.717) is 18.8 Å². The highest BCUT2D eigenvalue weighted by Gasteiger charge is 2.18. The normalized spacial score (nSPS) is 15.6. The summed E-state index contributed by atoms with van der Waals surface area (Å²) in [5, 5.41) is 11.6. The maximum atomic E-state index is 11.6. The Kier molecular flexibility index (Phi) is 6.65. The molecule has 0 heterocycles. The van der Waals surface area contributed by atoms with E-state index in [-0.39, 0.29) is 24.0 Å². The first kappa shape index (κ1) is 15.4. The van der Waals surface area contributed by atoms with E-state index in [1.54, 1.807) is 0 Å². The van der Waals surface area contributed by atoms with Crippen molar-refractivity contribution in [3.63, 3.8) is 0 Å². The van der Waals surface area contributed by atoms with Crippen molar-refractivity contribution in [2.75, 3.05) is 6.61 Å². The van der Waals surface area contributed by atoms with E-state index in [9.17, 15) is 4.79 Å². The molecule has 2 N–H and O–H groups in total. The monoisotopic (exact) mass is 229 g/mol. The summed E-state index contributed by atoms with van der Waals surface area (Å²) in [6, 6.07) is 0.0688. The van der Waals surface area contributed by atoms with Crippen LogP contribution in [0.3, 0.4) is 0 Å². The van der Waals surface area contributed by atoms with E-state index < -0.39 is 0 Å². The minimum atomic E-state index is 0.0688. The lowest BCUT2D eigenvalue weighted by Crippen LogP contribution is -2.34. The van der Waals surface area contributed by atoms with Gasteiger partial charge < -0.3 is 10.4 Å². The molecule has 0 aromatic rings. The molecule has 3 nitrogen and oxygen atoms in total. The van der Waals surface area contributed by atoms with Crippen LogP contribution in [-0.4, -0.2) is 23.7 Å². The lowest BCUT2D eigenvalue weighted by Gasteiger charge is -2.23. The van der Waals surface area contributed by atoms with Gasteiger partial charge in [0.15, 0.2) is 0 Å². The minimum Gasteiger partial charge on any atom is -0.396 e. The van der Waals surface area contributed by atoms with Crippen molar-refractivity contribution < 1.29 is 9.90 Å². The van der Waals surface area contributed by atoms with E-state index in [0.717, 1.165) is 6.42 Å². The number of carbonyl (C=O) groups excluding carboxylic acids is 1. The van der Waals surface area contributed by atoms with Gasteiger partial charge in [-0.05, 0) is 31.1 Å². The molecule has 0 aliphatic rings. The quantitative estimate of drug-likeness (QED) is 0.734. The predicted octanol–water partition coefficient (Wildman–Crippen LogP) is 2.34. The average molecular weight is 229 g/mol. The molecule has 0 saturated heterocycles. The second-order valence-electron chi connectivity index (χ2n) is 6.05. The van der Waals surface area contributed by atoms with Gasteiger partial charge in [0.2, 0.25) is 5.91 Å². The summed E-state index contributed by atoms with van der Waals surface area (Å²) in [6.45, 7) is 10.7. The van der Waals surface area contributed by atoms with E-state index in [4.69, 9.17) is 5.11 Å². The van der Waals surface area contributed by atoms with Gasteiger partial charge in [-0.1, -0.05) is 27.7 Å². The fourth-order valence-electron chi connectivity index (χ4n) is 2.03. The molecule has 0 aromatic carbocycles. The van der Waals surface area contributed by atoms with Gasteiger partial charge >= 0.3 is 0 Å². The van der Waals surface area contributed by atoms with Crippen LogP contribution in [0.15, 0.2) is 0 Å². The summed E-state index contributed by atoms with van der Waals surface area (Å²) in [7, 11) is 0. The molecule has 0 rings (SSSR count). The zero-order valence-corrected chi connectivity index (χ0v) is 11.3. The summed E-state index contributed by atoms with van der Waals surface area (Å²) < 4.78 is 0. The van der Waals surface area contributed by atoms with Crippen molar-refractivity contribution in [1.82, 2.24) is 5.32 Å². The van der Waals surface area contributed by atoms with E-state index in [1.165, 1.54) is 0 Å². The van der Waals surface area contributed by atoms with Crippen molar-refractivity contribution in [3.05, 3.63) is 0 Å². The smallest absolute Gasteiger partial charge is 0.220 e. The first-order valence-corrected chi connectivity index (χ1v) is 6.15. The van der Waals surface area contributed by atoms with Crippen LogP contribution in [-0.2, 0) is 4.79 Å². The molecule has 96 valence electrons. The van der Waals surface area contributed by atoms with E-state index >= 15 is 0 Å². The Hall–Kier alpha value is -0.570. The summed E-state index contributed by atoms with van der Waals surface area (Å²) in [5.74, 6) is 0.499. The van der Waals surface area contributed by atoms with Gasteiger partial charge in [-0.2, -0.15) is 0 Å². The SMILES string of the molecule is CC(CC(=O)NC(C)CCO)CC(C)(C)C. The number of hydrogen-bond acceptors (Lipinski definition) is 2. The van der Waals surface area contributed by atoms with Crippen molar-refractivity contribution in [1.29, 1.82) is 0 Å². The molecule has 1 amide bonds. The minimum absolute atomic E-state index is 0.0688. The molecule has 0 aliphatic carbocycles. The molecule has 0 saturated carbocycles. The first-order chi connectivity index (χ1) is 7.24. The Balaban J connectivity index is 3.87. The van der Waals surface area contributed by atoms with E-state index in [2.05, 4.69) is 33.0 Å². The van der Waals surface area contributed by atoms with Gasteiger partial charge in [0.25, 0.3) is 0 Å². The third kappa shape index (κ3) is 8.72. The highest BCUT2D eigenvalue weighted by Crippen LogP contribution is 2.25. The molecular formula is C13H27NO2. The number of carbonyl (C=O) groups is 1. The fraction of sp³-hybridized carbons (Fsp3) is 0.923. The Labute approximate surface area is 99.6 Å². The molecule has 0 radical (unpaired) electrons. The van der Waals surface area contributed by atoms with Crippen molar-refractivity contribution >= 4 is 5.91 Å². The van der Waals surface area contributed by atoms with Gasteiger partial charge in [-0.25, -0.2) is 0 Å². The van der Waals surface area contributed by atoms with Gasteiger partial charge in [0.05, 0.1) is 0 Å². The summed E-state index contributed by atoms with van der Waals surface area (Å²) in [5.41, 5.74) is 0.274. The number of rotatable bonds is 6. The third-order valence-corrected chi connectivity index (χ3v) is 2.46. The summed E-state index contributed by atoms with van der Waals surface area (Å²) >= 11 is 0. The number of aliphatic hydroxyl groups is 1. The Morgan fingerprint density at radius 3 is 2.31 bits per heavy atom. The van der Waals surface area contributed by atoms with E-state index in [1.807, 2.05) is 6.92 Å². The average Bonchev–Trinajstić information content (AvgIpc) is 1.98. The lowest BCUT2D eigenvalue weighted by atomic mass is 9.84. The topological polar surface area (TPSA) is 49.3 Å². The first-order valence-electron chi connectivity index (χ1n) is 6.15. The van der Waals surface area contributed by atoms with Crippen LogP contribution >= 0.6 is 0 Å². The van der Waals surface area contributed by atoms with Crippen LogP contribution in [0.2, 0.25) is 0 Å². The number of hydrogen-bond donors (Lipinski definition) is 2. The van der Waals surface area contributed by atoms with Crippen LogP contribution in [0.25, 0.3) is 0 Å². The second kappa shape index (κ2) is 6.89. The summed E-state index contributed by atoms with van der Waals surface area (Å²) in [6.07, 6.45) is 2.25. The fourth-order valence-corrected chi connectivity index (χ4v) is 2.03. The Morgan fingerprint density at radius 2 is 1.88 bits per heavy atom. The van der Waals surface area contributed by atoms with Crippen molar-refractivity contribution in [2.45, 2.75) is 59.9 Å². The number of amides is 1. The molecule has 16 heavy (non-hydrogen) atoms. The maximum Gasteiger partial charge on any atom is 0.220 e. The van der Waals surface area contributed by atoms with Crippen LogP contribution in [0.4, 0.5) is 0 Å². The molecule has 0 bridgehead atoms. The zero-order valence-electron chi connectivity index (χ0n) is 11.3. The summed E-state index contributed by atoms with van der Waals surface area (Å²) in [4.78, 5) is 11.6. The largest absolute Gasteiger partial charge is 0.396 e. The molecule has 0 spiro atoms. The molecule has 0 aliphatic heterocycles. The van der Waals surface area contributed by atoms with Crippen LogP contribution in [0, 0.1) is 11.3 Å². The molecular weight excluding hydrogens is 202 g/mol. The standard InChI is InChI=1S/C13H27NO2/c1-10(9-13(3,4)5)8-12(16)14-11(2)6-7-15/h10-11,15H,6-9H2,1-5H3,(H,14,16). The molecule has 0 fully saturated rings. The van der Waals surface area contributed by atoms with Crippen molar-refractivity contribution in [3.8, 4) is 0 Å². The van der Waals surface area contributed by atoms with Gasteiger partial charge in [0.1, 0.15) is 0 Å². The van der Waals surface area contributed by atoms with Crippen LogP contribution in [0.5, 0.6) is 0 Å². The zero-order chi connectivity index (χ0) is 12.8. The number of nitrogens with one attached hydrogen (secondary N) is 1. The second-order valence-corrected chi connectivity index (χ2v) is 6.05. The maximum absolute atomic E-state index is 11.6. The predicted molar refractivity (Wildman–Crippen MR) is 67.2 cm³/mol. The van der Waals surface area contributed by atoms with Gasteiger partial charge in [-0.3, -0.25) is 4.79 Å². The molecule has 2 unspecified atom stereocenters. The third-order valence-electron chi connectivity index (χ3n) is 2.46. The highest BCUT2D eigenvalue weighted by molar-refractivity contribution is 5.76. The highest BCUT2D eigenvalue weighted by atomic mass is 16.3. The Bertz CT molecular complexity index is 208. The molecule has 0 aromatic heterocycles. The van der Waals surface area contributed by atoms with Gasteiger partial charge in [-0.15, -0.1) is 0 Å².